The molecule has 0 radical (unpaired) electrons. The minimum atomic E-state index is -4.78. The van der Waals surface area contributed by atoms with Gasteiger partial charge in [-0.15, -0.1) is 5.10 Å². The first-order valence-electron chi connectivity index (χ1n) is 10.6. The average Bonchev–Trinajstić information content (AvgIpc) is 3.44. The molecule has 0 aliphatic carbocycles. The van der Waals surface area contributed by atoms with Gasteiger partial charge in [0.05, 0.1) is 16.4 Å². The number of rotatable bonds is 4. The Morgan fingerprint density at radius 1 is 1.21 bits per heavy atom. The van der Waals surface area contributed by atoms with E-state index in [0.29, 0.717) is 30.7 Å². The van der Waals surface area contributed by atoms with Crippen LogP contribution in [0.15, 0.2) is 34.5 Å². The van der Waals surface area contributed by atoms with Crippen molar-refractivity contribution in [3.8, 4) is 0 Å². The highest BCUT2D eigenvalue weighted by molar-refractivity contribution is 6.32. The Hall–Kier alpha value is -2.75. The lowest BCUT2D eigenvalue weighted by atomic mass is 9.77. The topological polar surface area (TPSA) is 62.9 Å². The van der Waals surface area contributed by atoms with Gasteiger partial charge in [0.1, 0.15) is 5.82 Å². The molecular formula is C22H22ClF4N5O. The number of hydrogen-bond donors (Lipinski definition) is 0. The van der Waals surface area contributed by atoms with Crippen molar-refractivity contribution in [3.05, 3.63) is 52.1 Å². The number of benzene rings is 1. The molecule has 0 bridgehead atoms. The minimum Gasteiger partial charge on any atom is -0.321 e. The van der Waals surface area contributed by atoms with Crippen molar-refractivity contribution in [2.45, 2.75) is 51.7 Å². The quantitative estimate of drug-likeness (QED) is 0.562. The second kappa shape index (κ2) is 8.23. The molecule has 2 aliphatic rings. The van der Waals surface area contributed by atoms with E-state index in [4.69, 9.17) is 11.6 Å². The van der Waals surface area contributed by atoms with E-state index in [2.05, 4.69) is 15.3 Å². The van der Waals surface area contributed by atoms with E-state index < -0.39 is 28.2 Å². The molecule has 1 saturated heterocycles. The summed E-state index contributed by atoms with van der Waals surface area (Å²) in [4.78, 5) is 14.6. The molecule has 1 aromatic carbocycles. The third-order valence-corrected chi connectivity index (χ3v) is 6.73. The first-order valence-corrected chi connectivity index (χ1v) is 11.0. The Labute approximate surface area is 192 Å². The molecule has 0 saturated carbocycles. The lowest BCUT2D eigenvalue weighted by Crippen LogP contribution is -2.59. The van der Waals surface area contributed by atoms with E-state index in [-0.39, 0.29) is 29.8 Å². The van der Waals surface area contributed by atoms with Crippen molar-refractivity contribution in [1.82, 2.24) is 14.7 Å². The summed E-state index contributed by atoms with van der Waals surface area (Å²) in [6.45, 7) is 5.57. The molecule has 11 heteroatoms. The summed E-state index contributed by atoms with van der Waals surface area (Å²) in [5, 5.41) is 11.9. The second-order valence-electron chi connectivity index (χ2n) is 8.24. The molecule has 1 aromatic heterocycles. The van der Waals surface area contributed by atoms with Gasteiger partial charge in [-0.25, -0.2) is 9.07 Å². The van der Waals surface area contributed by atoms with Crippen molar-refractivity contribution >= 4 is 29.1 Å². The van der Waals surface area contributed by atoms with Gasteiger partial charge in [-0.1, -0.05) is 37.6 Å². The van der Waals surface area contributed by atoms with Crippen LogP contribution in [0, 0.1) is 18.7 Å². The number of nitrogens with zero attached hydrogens (tertiary/aromatic N) is 5. The fraction of sp³-hybridized carbons (Fsp3) is 0.455. The minimum absolute atomic E-state index is 0.00885. The number of amides is 1. The highest BCUT2D eigenvalue weighted by Crippen LogP contribution is 2.43. The molecule has 1 fully saturated rings. The van der Waals surface area contributed by atoms with Crippen molar-refractivity contribution in [2.24, 2.45) is 16.1 Å². The normalized spacial score (nSPS) is 22.1. The summed E-state index contributed by atoms with van der Waals surface area (Å²) in [5.41, 5.74) is -1.72. The van der Waals surface area contributed by atoms with Crippen molar-refractivity contribution < 1.29 is 22.4 Å². The first kappa shape index (κ1) is 23.4. The molecule has 2 aromatic rings. The largest absolute Gasteiger partial charge is 0.436 e. The van der Waals surface area contributed by atoms with Crippen LogP contribution >= 0.6 is 11.6 Å². The predicted molar refractivity (Wildman–Crippen MR) is 116 cm³/mol. The molecule has 4 rings (SSSR count). The van der Waals surface area contributed by atoms with Gasteiger partial charge < -0.3 is 4.90 Å². The van der Waals surface area contributed by atoms with Gasteiger partial charge >= 0.3 is 6.18 Å². The number of alkyl halides is 3. The molecule has 2 atom stereocenters. The number of likely N-dealkylation sites (tertiary alicyclic amines) is 1. The van der Waals surface area contributed by atoms with Gasteiger partial charge in [-0.2, -0.15) is 23.4 Å². The molecule has 2 aliphatic heterocycles. The fourth-order valence-corrected chi connectivity index (χ4v) is 4.69. The standard InChI is InChI=1S/C22H22ClF4N5O/c1-4-12(2)18-21(31-11-5-6-16(31)33,14-7-9-15(24)10-8-14)20(29-28-18)32-13(3)17(23)19(30-32)22(25,26)27/h7-10,12H,4-6,11H2,1-3H3. The molecule has 176 valence electrons. The van der Waals surface area contributed by atoms with E-state index >= 15 is 0 Å². The van der Waals surface area contributed by atoms with E-state index in [9.17, 15) is 22.4 Å². The predicted octanol–water partition coefficient (Wildman–Crippen LogP) is 5.18. The van der Waals surface area contributed by atoms with Gasteiger partial charge in [0.15, 0.2) is 17.1 Å². The van der Waals surface area contributed by atoms with Crippen LogP contribution in [0.5, 0.6) is 0 Å². The van der Waals surface area contributed by atoms with Crippen LogP contribution < -0.4 is 0 Å². The SMILES string of the molecule is CCC(C)C1=NN=C(n2nc(C(F)(F)F)c(Cl)c2C)C1(c1ccc(F)cc1)N1CCCC1=O. The lowest BCUT2D eigenvalue weighted by Gasteiger charge is -2.42. The smallest absolute Gasteiger partial charge is 0.321 e. The third-order valence-electron chi connectivity index (χ3n) is 6.28. The monoisotopic (exact) mass is 483 g/mol. The Balaban J connectivity index is 2.03. The highest BCUT2D eigenvalue weighted by Gasteiger charge is 2.57. The van der Waals surface area contributed by atoms with E-state index in [1.165, 1.54) is 31.2 Å². The average molecular weight is 484 g/mol. The zero-order valence-electron chi connectivity index (χ0n) is 18.2. The van der Waals surface area contributed by atoms with Crippen LogP contribution in [0.1, 0.15) is 50.1 Å². The third kappa shape index (κ3) is 3.55. The van der Waals surface area contributed by atoms with E-state index in [1.807, 2.05) is 13.8 Å². The van der Waals surface area contributed by atoms with Crippen molar-refractivity contribution in [2.75, 3.05) is 6.54 Å². The summed E-state index contributed by atoms with van der Waals surface area (Å²) in [6.07, 6.45) is -3.31. The number of aromatic nitrogens is 2. The van der Waals surface area contributed by atoms with Gasteiger partial charge in [-0.3, -0.25) is 4.79 Å². The molecule has 2 unspecified atom stereocenters. The van der Waals surface area contributed by atoms with Crippen LogP contribution in [-0.4, -0.2) is 38.7 Å². The summed E-state index contributed by atoms with van der Waals surface area (Å²) in [6, 6.07) is 5.49. The van der Waals surface area contributed by atoms with Crippen LogP contribution in [-0.2, 0) is 16.5 Å². The summed E-state index contributed by atoms with van der Waals surface area (Å²) < 4.78 is 55.6. The lowest BCUT2D eigenvalue weighted by molar-refractivity contribution is -0.141. The van der Waals surface area contributed by atoms with Crippen LogP contribution in [0.25, 0.3) is 0 Å². The van der Waals surface area contributed by atoms with Crippen molar-refractivity contribution in [1.29, 1.82) is 0 Å². The molecule has 1 amide bonds. The van der Waals surface area contributed by atoms with Crippen LogP contribution in [0.4, 0.5) is 17.6 Å². The highest BCUT2D eigenvalue weighted by atomic mass is 35.5. The molecular weight excluding hydrogens is 462 g/mol. The van der Waals surface area contributed by atoms with E-state index in [0.717, 1.165) is 4.68 Å². The Bertz CT molecular complexity index is 1150. The second-order valence-corrected chi connectivity index (χ2v) is 8.62. The first-order chi connectivity index (χ1) is 15.5. The van der Waals surface area contributed by atoms with Crippen LogP contribution in [0.2, 0.25) is 5.02 Å². The van der Waals surface area contributed by atoms with Gasteiger partial charge in [0.25, 0.3) is 0 Å². The summed E-state index contributed by atoms with van der Waals surface area (Å²) >= 11 is 6.03. The molecule has 0 N–H and O–H groups in total. The molecule has 3 heterocycles. The van der Waals surface area contributed by atoms with Gasteiger partial charge in [0, 0.05) is 13.0 Å². The number of carbonyl (C=O) groups excluding carboxylic acids is 1. The van der Waals surface area contributed by atoms with Gasteiger partial charge in [-0.05, 0) is 43.4 Å². The zero-order chi connectivity index (χ0) is 24.1. The Kier molecular flexibility index (Phi) is 5.84. The number of carbonyl (C=O) groups is 1. The van der Waals surface area contributed by atoms with Crippen molar-refractivity contribution in [3.63, 3.8) is 0 Å². The maximum Gasteiger partial charge on any atom is 0.436 e. The molecule has 0 spiro atoms. The fourth-order valence-electron chi connectivity index (χ4n) is 4.46. The zero-order valence-corrected chi connectivity index (χ0v) is 19.0. The number of hydrogen-bond acceptors (Lipinski definition) is 4. The molecule has 33 heavy (non-hydrogen) atoms. The molecule has 6 nitrogen and oxygen atoms in total. The number of halogens is 5. The van der Waals surface area contributed by atoms with Gasteiger partial charge in [0.2, 0.25) is 5.91 Å². The maximum atomic E-state index is 13.8. The Morgan fingerprint density at radius 2 is 1.88 bits per heavy atom. The summed E-state index contributed by atoms with van der Waals surface area (Å²) in [5.74, 6) is -0.859. The maximum absolute atomic E-state index is 13.8. The van der Waals surface area contributed by atoms with E-state index in [1.54, 1.807) is 4.90 Å². The summed E-state index contributed by atoms with van der Waals surface area (Å²) in [7, 11) is 0. The van der Waals surface area contributed by atoms with Crippen LogP contribution in [0.3, 0.4) is 0 Å². The Morgan fingerprint density at radius 3 is 2.39 bits per heavy atom.